The summed E-state index contributed by atoms with van der Waals surface area (Å²) in [6.45, 7) is 2.58. The third-order valence-electron chi connectivity index (χ3n) is 5.55. The average molecular weight is 206 g/mol. The van der Waals surface area contributed by atoms with Crippen LogP contribution in [0, 0.1) is 23.7 Å². The number of nitrogens with zero attached hydrogens (tertiary/aromatic N) is 1. The lowest BCUT2D eigenvalue weighted by Crippen LogP contribution is -2.35. The van der Waals surface area contributed by atoms with E-state index in [9.17, 15) is 0 Å². The molecule has 1 heterocycles. The molecule has 0 radical (unpaired) electrons. The minimum absolute atomic E-state index is 0.810. The molecule has 1 aliphatic heterocycles. The summed E-state index contributed by atoms with van der Waals surface area (Å²) in [5, 5.41) is 3.94. The van der Waals surface area contributed by atoms with Crippen molar-refractivity contribution in [1.82, 2.24) is 10.2 Å². The van der Waals surface area contributed by atoms with Crippen molar-refractivity contribution in [3.63, 3.8) is 0 Å². The summed E-state index contributed by atoms with van der Waals surface area (Å²) in [5.41, 5.74) is 0. The molecule has 5 atom stereocenters. The molecule has 0 aromatic rings. The van der Waals surface area contributed by atoms with Crippen LogP contribution in [-0.2, 0) is 0 Å². The predicted molar refractivity (Wildman–Crippen MR) is 60.6 cm³/mol. The van der Waals surface area contributed by atoms with Gasteiger partial charge in [0.15, 0.2) is 0 Å². The molecular formula is C13H22N2. The van der Waals surface area contributed by atoms with E-state index in [1.807, 2.05) is 0 Å². The Morgan fingerprint density at radius 2 is 1.80 bits per heavy atom. The van der Waals surface area contributed by atoms with Gasteiger partial charge in [0.2, 0.25) is 0 Å². The van der Waals surface area contributed by atoms with Gasteiger partial charge in [-0.05, 0) is 62.9 Å². The molecule has 3 saturated carbocycles. The maximum atomic E-state index is 3.94. The summed E-state index contributed by atoms with van der Waals surface area (Å²) >= 11 is 0. The first-order valence-corrected chi connectivity index (χ1v) is 6.77. The summed E-state index contributed by atoms with van der Waals surface area (Å²) in [6, 6.07) is 1.75. The summed E-state index contributed by atoms with van der Waals surface area (Å²) in [5.74, 6) is 4.46. The Labute approximate surface area is 92.4 Å². The molecule has 1 saturated heterocycles. The highest BCUT2D eigenvalue weighted by Crippen LogP contribution is 2.65. The topological polar surface area (TPSA) is 15.3 Å². The van der Waals surface area contributed by atoms with Gasteiger partial charge < -0.3 is 10.2 Å². The highest BCUT2D eigenvalue weighted by Gasteiger charge is 2.65. The van der Waals surface area contributed by atoms with E-state index in [0.717, 1.165) is 35.8 Å². The largest absolute Gasteiger partial charge is 0.309 e. The SMILES string of the molecule is CN1CCC(NC2C3C4CCC(C4)C23)C1. The van der Waals surface area contributed by atoms with Crippen molar-refractivity contribution in [1.29, 1.82) is 0 Å². The van der Waals surface area contributed by atoms with Gasteiger partial charge in [0, 0.05) is 18.6 Å². The van der Waals surface area contributed by atoms with Gasteiger partial charge in [-0.1, -0.05) is 0 Å². The smallest absolute Gasteiger partial charge is 0.0209 e. The zero-order valence-electron chi connectivity index (χ0n) is 9.65. The van der Waals surface area contributed by atoms with Gasteiger partial charge in [-0.3, -0.25) is 0 Å². The first kappa shape index (κ1) is 9.00. The zero-order chi connectivity index (χ0) is 9.99. The van der Waals surface area contributed by atoms with Crippen LogP contribution in [0.2, 0.25) is 0 Å². The van der Waals surface area contributed by atoms with Crippen LogP contribution in [0.25, 0.3) is 0 Å². The van der Waals surface area contributed by atoms with Gasteiger partial charge in [0.1, 0.15) is 0 Å². The molecule has 2 nitrogen and oxygen atoms in total. The second-order valence-electron chi connectivity index (χ2n) is 6.43. The molecule has 4 aliphatic rings. The van der Waals surface area contributed by atoms with Gasteiger partial charge in [-0.25, -0.2) is 0 Å². The molecule has 3 aliphatic carbocycles. The van der Waals surface area contributed by atoms with E-state index >= 15 is 0 Å². The molecule has 0 amide bonds. The van der Waals surface area contributed by atoms with Gasteiger partial charge in [0.05, 0.1) is 0 Å². The molecule has 1 N–H and O–H groups in total. The van der Waals surface area contributed by atoms with Crippen LogP contribution in [-0.4, -0.2) is 37.1 Å². The first-order chi connectivity index (χ1) is 7.33. The molecule has 2 bridgehead atoms. The molecule has 84 valence electrons. The number of hydrogen-bond donors (Lipinski definition) is 1. The van der Waals surface area contributed by atoms with Gasteiger partial charge in [-0.2, -0.15) is 0 Å². The van der Waals surface area contributed by atoms with Gasteiger partial charge >= 0.3 is 0 Å². The molecule has 4 rings (SSSR count). The Morgan fingerprint density at radius 1 is 1.07 bits per heavy atom. The number of fused-ring (bicyclic) bond motifs is 5. The molecule has 0 spiro atoms. The van der Waals surface area contributed by atoms with Crippen molar-refractivity contribution in [2.45, 2.75) is 37.8 Å². The Kier molecular flexibility index (Phi) is 1.79. The quantitative estimate of drug-likeness (QED) is 0.733. The van der Waals surface area contributed by atoms with E-state index in [4.69, 9.17) is 0 Å². The standard InChI is InChI=1S/C13H22N2/c1-15-5-4-10(7-15)14-13-11-8-2-3-9(6-8)12(11)13/h8-14H,2-7H2,1H3. The fraction of sp³-hybridized carbons (Fsp3) is 1.00. The first-order valence-electron chi connectivity index (χ1n) is 6.77. The van der Waals surface area contributed by atoms with E-state index in [2.05, 4.69) is 17.3 Å². The summed E-state index contributed by atoms with van der Waals surface area (Å²) in [4.78, 5) is 2.46. The normalized spacial score (nSPS) is 57.4. The van der Waals surface area contributed by atoms with E-state index in [1.165, 1.54) is 19.5 Å². The van der Waals surface area contributed by atoms with Crippen molar-refractivity contribution < 1.29 is 0 Å². The molecule has 0 aromatic carbocycles. The summed E-state index contributed by atoms with van der Waals surface area (Å²) in [6.07, 6.45) is 6.06. The van der Waals surface area contributed by atoms with Crippen LogP contribution in [0.1, 0.15) is 25.7 Å². The monoisotopic (exact) mass is 206 g/mol. The minimum atomic E-state index is 0.810. The van der Waals surface area contributed by atoms with Crippen molar-refractivity contribution >= 4 is 0 Å². The van der Waals surface area contributed by atoms with Gasteiger partial charge in [0.25, 0.3) is 0 Å². The van der Waals surface area contributed by atoms with Crippen LogP contribution in [0.3, 0.4) is 0 Å². The lowest BCUT2D eigenvalue weighted by atomic mass is 10.0. The number of rotatable bonds is 2. The zero-order valence-corrected chi connectivity index (χ0v) is 9.65. The Morgan fingerprint density at radius 3 is 2.40 bits per heavy atom. The Balaban J connectivity index is 1.38. The van der Waals surface area contributed by atoms with E-state index in [1.54, 1.807) is 19.3 Å². The molecule has 15 heavy (non-hydrogen) atoms. The second kappa shape index (κ2) is 2.98. The van der Waals surface area contributed by atoms with Crippen molar-refractivity contribution in [3.05, 3.63) is 0 Å². The van der Waals surface area contributed by atoms with Crippen molar-refractivity contribution in [3.8, 4) is 0 Å². The molecule has 4 fully saturated rings. The molecular weight excluding hydrogens is 184 g/mol. The van der Waals surface area contributed by atoms with Gasteiger partial charge in [-0.15, -0.1) is 0 Å². The van der Waals surface area contributed by atoms with E-state index in [-0.39, 0.29) is 0 Å². The lowest BCUT2D eigenvalue weighted by molar-refractivity contribution is 0.380. The highest BCUT2D eigenvalue weighted by molar-refractivity contribution is 5.17. The average Bonchev–Trinajstić information content (AvgIpc) is 2.62. The maximum absolute atomic E-state index is 3.94. The highest BCUT2D eigenvalue weighted by atomic mass is 15.2. The maximum Gasteiger partial charge on any atom is 0.0209 e. The van der Waals surface area contributed by atoms with Crippen LogP contribution < -0.4 is 5.32 Å². The molecule has 0 aromatic heterocycles. The third-order valence-corrected chi connectivity index (χ3v) is 5.55. The van der Waals surface area contributed by atoms with Crippen LogP contribution >= 0.6 is 0 Å². The Hall–Kier alpha value is -0.0800. The summed E-state index contributed by atoms with van der Waals surface area (Å²) in [7, 11) is 2.25. The fourth-order valence-corrected chi connectivity index (χ4v) is 4.89. The number of nitrogens with one attached hydrogen (secondary N) is 1. The second-order valence-corrected chi connectivity index (χ2v) is 6.43. The third kappa shape index (κ3) is 1.24. The van der Waals surface area contributed by atoms with E-state index in [0.29, 0.717) is 0 Å². The molecule has 2 heteroatoms. The number of likely N-dealkylation sites (tertiary alicyclic amines) is 1. The van der Waals surface area contributed by atoms with Crippen LogP contribution in [0.4, 0.5) is 0 Å². The summed E-state index contributed by atoms with van der Waals surface area (Å²) < 4.78 is 0. The van der Waals surface area contributed by atoms with Crippen molar-refractivity contribution in [2.24, 2.45) is 23.7 Å². The van der Waals surface area contributed by atoms with Crippen LogP contribution in [0.5, 0.6) is 0 Å². The minimum Gasteiger partial charge on any atom is -0.309 e. The predicted octanol–water partition coefficient (Wildman–Crippen LogP) is 1.32. The number of hydrogen-bond acceptors (Lipinski definition) is 2. The fourth-order valence-electron chi connectivity index (χ4n) is 4.89. The van der Waals surface area contributed by atoms with E-state index < -0.39 is 0 Å². The lowest BCUT2D eigenvalue weighted by Gasteiger charge is -2.16. The van der Waals surface area contributed by atoms with Crippen molar-refractivity contribution in [2.75, 3.05) is 20.1 Å². The Bertz CT molecular complexity index is 262. The van der Waals surface area contributed by atoms with Crippen LogP contribution in [0.15, 0.2) is 0 Å². The number of likely N-dealkylation sites (N-methyl/N-ethyl adjacent to an activating group) is 1. The molecule has 5 unspecified atom stereocenters.